The standard InChI is InChI=1S/C22H22FN5O3/c1-12(2)28-18-8-6-15(21-24-14(4)31-26-21)9-19(18)27(22(28)30)11-20(29)25-16-7-5-13(3)17(23)10-16/h5-10,12H,11H2,1-4H3,(H,25,29). The van der Waals surface area contributed by atoms with Crippen molar-refractivity contribution in [1.29, 1.82) is 0 Å². The quantitative estimate of drug-likeness (QED) is 0.526. The van der Waals surface area contributed by atoms with Gasteiger partial charge in [-0.05, 0) is 56.7 Å². The molecule has 160 valence electrons. The third kappa shape index (κ3) is 3.86. The topological polar surface area (TPSA) is 95.0 Å². The molecule has 0 atom stereocenters. The zero-order valence-electron chi connectivity index (χ0n) is 17.6. The van der Waals surface area contributed by atoms with Crippen LogP contribution in [0.15, 0.2) is 45.7 Å². The summed E-state index contributed by atoms with van der Waals surface area (Å²) in [4.78, 5) is 30.0. The number of hydrogen-bond acceptors (Lipinski definition) is 5. The van der Waals surface area contributed by atoms with Crippen LogP contribution >= 0.6 is 0 Å². The van der Waals surface area contributed by atoms with Gasteiger partial charge in [-0.25, -0.2) is 9.18 Å². The van der Waals surface area contributed by atoms with E-state index in [4.69, 9.17) is 4.52 Å². The number of nitrogens with zero attached hydrogens (tertiary/aromatic N) is 4. The predicted octanol–water partition coefficient (Wildman–Crippen LogP) is 3.83. The number of rotatable bonds is 5. The van der Waals surface area contributed by atoms with Crippen molar-refractivity contribution in [2.45, 2.75) is 40.3 Å². The predicted molar refractivity (Wildman–Crippen MR) is 114 cm³/mol. The van der Waals surface area contributed by atoms with Gasteiger partial charge in [-0.15, -0.1) is 0 Å². The molecule has 0 fully saturated rings. The van der Waals surface area contributed by atoms with Crippen LogP contribution in [0.4, 0.5) is 10.1 Å². The molecule has 0 radical (unpaired) electrons. The Morgan fingerprint density at radius 1 is 1.16 bits per heavy atom. The van der Waals surface area contributed by atoms with E-state index in [1.165, 1.54) is 10.6 Å². The summed E-state index contributed by atoms with van der Waals surface area (Å²) in [5.41, 5.74) is 2.44. The summed E-state index contributed by atoms with van der Waals surface area (Å²) < 4.78 is 21.9. The molecular weight excluding hydrogens is 401 g/mol. The Morgan fingerprint density at radius 3 is 2.58 bits per heavy atom. The molecule has 4 aromatic rings. The fraction of sp³-hybridized carbons (Fsp3) is 0.273. The minimum atomic E-state index is -0.436. The Hall–Kier alpha value is -3.75. The lowest BCUT2D eigenvalue weighted by atomic mass is 10.2. The van der Waals surface area contributed by atoms with Crippen LogP contribution in [0.1, 0.15) is 31.3 Å². The van der Waals surface area contributed by atoms with Crippen molar-refractivity contribution < 1.29 is 13.7 Å². The zero-order chi connectivity index (χ0) is 22.3. The van der Waals surface area contributed by atoms with Crippen LogP contribution in [0.25, 0.3) is 22.4 Å². The molecule has 1 amide bonds. The molecule has 2 aromatic heterocycles. The SMILES string of the molecule is Cc1nc(-c2ccc3c(c2)n(CC(=O)Nc2ccc(C)c(F)c2)c(=O)n3C(C)C)no1. The Kier molecular flexibility index (Phi) is 5.18. The number of aryl methyl sites for hydroxylation is 2. The molecule has 0 saturated heterocycles. The highest BCUT2D eigenvalue weighted by Crippen LogP contribution is 2.24. The number of imidazole rings is 1. The first-order valence-corrected chi connectivity index (χ1v) is 9.86. The normalized spacial score (nSPS) is 11.4. The van der Waals surface area contributed by atoms with Gasteiger partial charge in [-0.3, -0.25) is 13.9 Å². The van der Waals surface area contributed by atoms with Crippen LogP contribution in [0.5, 0.6) is 0 Å². The van der Waals surface area contributed by atoms with Gasteiger partial charge in [0.15, 0.2) is 0 Å². The van der Waals surface area contributed by atoms with Crippen LogP contribution < -0.4 is 11.0 Å². The Bertz CT molecular complexity index is 1350. The fourth-order valence-corrected chi connectivity index (χ4v) is 3.50. The Balaban J connectivity index is 1.74. The lowest BCUT2D eigenvalue weighted by molar-refractivity contribution is -0.116. The molecule has 0 aliphatic heterocycles. The van der Waals surface area contributed by atoms with E-state index in [9.17, 15) is 14.0 Å². The van der Waals surface area contributed by atoms with Crippen LogP contribution in [0, 0.1) is 19.7 Å². The molecule has 0 bridgehead atoms. The average Bonchev–Trinajstić information content (AvgIpc) is 3.26. The molecule has 8 nitrogen and oxygen atoms in total. The molecule has 0 saturated carbocycles. The van der Waals surface area contributed by atoms with Gasteiger partial charge >= 0.3 is 5.69 Å². The molecule has 31 heavy (non-hydrogen) atoms. The van der Waals surface area contributed by atoms with Crippen molar-refractivity contribution in [1.82, 2.24) is 19.3 Å². The lowest BCUT2D eigenvalue weighted by Crippen LogP contribution is -2.30. The molecule has 0 unspecified atom stereocenters. The number of aromatic nitrogens is 4. The summed E-state index contributed by atoms with van der Waals surface area (Å²) in [6.45, 7) is 6.91. The maximum Gasteiger partial charge on any atom is 0.329 e. The third-order valence-corrected chi connectivity index (χ3v) is 5.02. The number of nitrogens with one attached hydrogen (secondary N) is 1. The van der Waals surface area contributed by atoms with Gasteiger partial charge in [0, 0.05) is 24.2 Å². The summed E-state index contributed by atoms with van der Waals surface area (Å²) in [6, 6.07) is 9.73. The molecule has 4 rings (SSSR count). The van der Waals surface area contributed by atoms with Crippen molar-refractivity contribution in [2.75, 3.05) is 5.32 Å². The van der Waals surface area contributed by atoms with Gasteiger partial charge in [0.1, 0.15) is 12.4 Å². The van der Waals surface area contributed by atoms with Gasteiger partial charge in [0.05, 0.1) is 11.0 Å². The second kappa shape index (κ2) is 7.82. The largest absolute Gasteiger partial charge is 0.339 e. The van der Waals surface area contributed by atoms with Crippen molar-refractivity contribution in [3.63, 3.8) is 0 Å². The van der Waals surface area contributed by atoms with Crippen molar-refractivity contribution in [3.8, 4) is 11.4 Å². The first-order valence-electron chi connectivity index (χ1n) is 9.86. The number of hydrogen-bond donors (Lipinski definition) is 1. The number of carbonyl (C=O) groups excluding carboxylic acids is 1. The maximum absolute atomic E-state index is 13.8. The van der Waals surface area contributed by atoms with Crippen molar-refractivity contribution in [2.24, 2.45) is 0 Å². The zero-order valence-corrected chi connectivity index (χ0v) is 17.6. The summed E-state index contributed by atoms with van der Waals surface area (Å²) in [5.74, 6) is -0.0207. The first kappa shape index (κ1) is 20.5. The van der Waals surface area contributed by atoms with Crippen LogP contribution in [0.2, 0.25) is 0 Å². The van der Waals surface area contributed by atoms with E-state index in [1.807, 2.05) is 26.0 Å². The highest BCUT2D eigenvalue weighted by Gasteiger charge is 2.19. The van der Waals surface area contributed by atoms with E-state index in [0.717, 1.165) is 0 Å². The number of benzene rings is 2. The highest BCUT2D eigenvalue weighted by atomic mass is 19.1. The van der Waals surface area contributed by atoms with E-state index >= 15 is 0 Å². The van der Waals surface area contributed by atoms with Gasteiger partial charge in [-0.2, -0.15) is 4.98 Å². The minimum Gasteiger partial charge on any atom is -0.339 e. The van der Waals surface area contributed by atoms with Crippen LogP contribution in [0.3, 0.4) is 0 Å². The highest BCUT2D eigenvalue weighted by molar-refractivity contribution is 5.92. The van der Waals surface area contributed by atoms with Gasteiger partial charge in [0.2, 0.25) is 17.6 Å². The lowest BCUT2D eigenvalue weighted by Gasteiger charge is -2.08. The van der Waals surface area contributed by atoms with Gasteiger partial charge in [0.25, 0.3) is 0 Å². The molecule has 1 N–H and O–H groups in total. The third-order valence-electron chi connectivity index (χ3n) is 5.02. The Labute approximate surface area is 177 Å². The van der Waals surface area contributed by atoms with E-state index in [0.29, 0.717) is 39.6 Å². The molecule has 0 aliphatic carbocycles. The summed E-state index contributed by atoms with van der Waals surface area (Å²) in [7, 11) is 0. The summed E-state index contributed by atoms with van der Waals surface area (Å²) in [5, 5.41) is 6.57. The van der Waals surface area contributed by atoms with E-state index in [2.05, 4.69) is 15.5 Å². The molecule has 2 heterocycles. The number of carbonyl (C=O) groups is 1. The van der Waals surface area contributed by atoms with Crippen molar-refractivity contribution in [3.05, 3.63) is 64.2 Å². The van der Waals surface area contributed by atoms with Gasteiger partial charge < -0.3 is 9.84 Å². The number of amides is 1. The fourth-order valence-electron chi connectivity index (χ4n) is 3.50. The van der Waals surface area contributed by atoms with Crippen LogP contribution in [-0.4, -0.2) is 25.2 Å². The second-order valence-corrected chi connectivity index (χ2v) is 7.69. The Morgan fingerprint density at radius 2 is 1.94 bits per heavy atom. The average molecular weight is 423 g/mol. The smallest absolute Gasteiger partial charge is 0.329 e. The van der Waals surface area contributed by atoms with E-state index in [-0.39, 0.29) is 18.3 Å². The number of anilines is 1. The van der Waals surface area contributed by atoms with Gasteiger partial charge in [-0.1, -0.05) is 11.2 Å². The van der Waals surface area contributed by atoms with E-state index in [1.54, 1.807) is 36.6 Å². The molecule has 9 heteroatoms. The summed E-state index contributed by atoms with van der Waals surface area (Å²) in [6.07, 6.45) is 0. The summed E-state index contributed by atoms with van der Waals surface area (Å²) >= 11 is 0. The minimum absolute atomic E-state index is 0.108. The molecule has 2 aromatic carbocycles. The first-order chi connectivity index (χ1) is 14.7. The van der Waals surface area contributed by atoms with E-state index < -0.39 is 11.7 Å². The maximum atomic E-state index is 13.8. The number of halogens is 1. The number of fused-ring (bicyclic) bond motifs is 1. The van der Waals surface area contributed by atoms with Crippen molar-refractivity contribution >= 4 is 22.6 Å². The molecule has 0 spiro atoms. The van der Waals surface area contributed by atoms with Crippen LogP contribution in [-0.2, 0) is 11.3 Å². The monoisotopic (exact) mass is 423 g/mol. The second-order valence-electron chi connectivity index (χ2n) is 7.69. The molecule has 0 aliphatic rings. The molecular formula is C22H22FN5O3.